The van der Waals surface area contributed by atoms with E-state index in [1.54, 1.807) is 20.0 Å². The zero-order chi connectivity index (χ0) is 19.0. The third-order valence-corrected chi connectivity index (χ3v) is 6.14. The number of aliphatic carboxylic acids is 1. The van der Waals surface area contributed by atoms with E-state index in [0.29, 0.717) is 30.8 Å². The highest BCUT2D eigenvalue weighted by atomic mass is 16.5. The van der Waals surface area contributed by atoms with Crippen LogP contribution in [0.1, 0.15) is 32.3 Å². The molecular formula is C19H29N5O3. The van der Waals surface area contributed by atoms with E-state index in [0.717, 1.165) is 38.5 Å². The van der Waals surface area contributed by atoms with Crippen LogP contribution in [0.3, 0.4) is 0 Å². The normalized spacial score (nSPS) is 24.1. The summed E-state index contributed by atoms with van der Waals surface area (Å²) in [7, 11) is 0. The number of carboxylic acid groups (broad SMARTS) is 1. The molecule has 1 N–H and O–H groups in total. The summed E-state index contributed by atoms with van der Waals surface area (Å²) in [5.41, 5.74) is -0.379. The van der Waals surface area contributed by atoms with Gasteiger partial charge in [-0.05, 0) is 33.2 Å². The monoisotopic (exact) mass is 375 g/mol. The van der Waals surface area contributed by atoms with Crippen molar-refractivity contribution in [3.63, 3.8) is 0 Å². The Labute approximate surface area is 160 Å². The minimum atomic E-state index is -1.05. The summed E-state index contributed by atoms with van der Waals surface area (Å²) in [5, 5.41) is 9.72. The van der Waals surface area contributed by atoms with Gasteiger partial charge in [-0.15, -0.1) is 0 Å². The molecule has 27 heavy (non-hydrogen) atoms. The van der Waals surface area contributed by atoms with Crippen molar-refractivity contribution < 1.29 is 14.6 Å². The van der Waals surface area contributed by atoms with Gasteiger partial charge in [-0.3, -0.25) is 9.69 Å². The van der Waals surface area contributed by atoms with Gasteiger partial charge in [0.1, 0.15) is 5.82 Å². The Morgan fingerprint density at radius 2 is 1.96 bits per heavy atom. The maximum Gasteiger partial charge on any atom is 0.313 e. The van der Waals surface area contributed by atoms with Crippen molar-refractivity contribution in [1.29, 1.82) is 0 Å². The third-order valence-electron chi connectivity index (χ3n) is 6.14. The van der Waals surface area contributed by atoms with Crippen molar-refractivity contribution in [2.75, 3.05) is 62.3 Å². The van der Waals surface area contributed by atoms with Crippen molar-refractivity contribution in [2.45, 2.75) is 38.1 Å². The van der Waals surface area contributed by atoms with Crippen LogP contribution in [0, 0.1) is 0 Å². The average Bonchev–Trinajstić information content (AvgIpc) is 3.16. The molecule has 0 aromatic carbocycles. The second-order valence-corrected chi connectivity index (χ2v) is 8.21. The predicted molar refractivity (Wildman–Crippen MR) is 103 cm³/mol. The number of nitrogens with zero attached hydrogens (tertiary/aromatic N) is 5. The molecule has 0 saturated carbocycles. The molecule has 8 heteroatoms. The van der Waals surface area contributed by atoms with Gasteiger partial charge in [-0.1, -0.05) is 0 Å². The van der Waals surface area contributed by atoms with E-state index < -0.39 is 11.4 Å². The van der Waals surface area contributed by atoms with Gasteiger partial charge in [0.2, 0.25) is 5.95 Å². The Balaban J connectivity index is 1.66. The molecule has 0 radical (unpaired) electrons. The number of carbonyl (C=O) groups is 1. The Morgan fingerprint density at radius 3 is 2.70 bits per heavy atom. The second kappa shape index (κ2) is 7.24. The van der Waals surface area contributed by atoms with Crippen LogP contribution in [-0.4, -0.2) is 84.5 Å². The molecule has 3 fully saturated rings. The average molecular weight is 375 g/mol. The van der Waals surface area contributed by atoms with Gasteiger partial charge < -0.3 is 19.6 Å². The van der Waals surface area contributed by atoms with E-state index in [1.165, 1.54) is 19.4 Å². The minimum absolute atomic E-state index is 0.587. The first-order valence-corrected chi connectivity index (χ1v) is 9.89. The fourth-order valence-electron chi connectivity index (χ4n) is 4.26. The van der Waals surface area contributed by atoms with Gasteiger partial charge >= 0.3 is 5.97 Å². The molecule has 0 aliphatic carbocycles. The van der Waals surface area contributed by atoms with E-state index in [1.807, 2.05) is 0 Å². The summed E-state index contributed by atoms with van der Waals surface area (Å²) in [5.74, 6) is 0.588. The zero-order valence-corrected chi connectivity index (χ0v) is 16.2. The lowest BCUT2D eigenvalue weighted by molar-refractivity contribution is -0.142. The van der Waals surface area contributed by atoms with Gasteiger partial charge in [-0.2, -0.15) is 4.98 Å². The fourth-order valence-corrected chi connectivity index (χ4v) is 4.26. The SMILES string of the molecule is CC(C)(C(=O)O)c1cnc(N2CCN3CCC[C@@H]3C2)nc1N1CCOCC1. The molecule has 4 rings (SSSR count). The van der Waals surface area contributed by atoms with Crippen LogP contribution < -0.4 is 9.80 Å². The van der Waals surface area contributed by atoms with Crippen LogP contribution in [0.4, 0.5) is 11.8 Å². The lowest BCUT2D eigenvalue weighted by Crippen LogP contribution is -2.51. The first-order valence-electron chi connectivity index (χ1n) is 9.89. The first-order chi connectivity index (χ1) is 13.0. The molecule has 8 nitrogen and oxygen atoms in total. The molecule has 1 atom stereocenters. The van der Waals surface area contributed by atoms with E-state index in [4.69, 9.17) is 9.72 Å². The molecule has 0 spiro atoms. The molecule has 1 aromatic heterocycles. The number of fused-ring (bicyclic) bond motifs is 1. The molecule has 3 aliphatic rings. The maximum atomic E-state index is 11.9. The Kier molecular flexibility index (Phi) is 4.94. The van der Waals surface area contributed by atoms with Crippen LogP contribution in [-0.2, 0) is 14.9 Å². The van der Waals surface area contributed by atoms with E-state index in [2.05, 4.69) is 19.7 Å². The minimum Gasteiger partial charge on any atom is -0.481 e. The number of rotatable bonds is 4. The Morgan fingerprint density at radius 1 is 1.19 bits per heavy atom. The topological polar surface area (TPSA) is 82.0 Å². The van der Waals surface area contributed by atoms with Crippen molar-refractivity contribution in [3.05, 3.63) is 11.8 Å². The molecule has 3 aliphatic heterocycles. The third kappa shape index (κ3) is 3.48. The summed E-state index contributed by atoms with van der Waals surface area (Å²) in [6.45, 7) is 10.2. The highest BCUT2D eigenvalue weighted by Gasteiger charge is 2.36. The van der Waals surface area contributed by atoms with E-state index in [9.17, 15) is 9.90 Å². The van der Waals surface area contributed by atoms with Crippen molar-refractivity contribution >= 4 is 17.7 Å². The number of morpholine rings is 1. The molecule has 0 bridgehead atoms. The predicted octanol–water partition coefficient (Wildman–Crippen LogP) is 0.960. The summed E-state index contributed by atoms with van der Waals surface area (Å²) in [6.07, 6.45) is 4.23. The quantitative estimate of drug-likeness (QED) is 0.833. The largest absolute Gasteiger partial charge is 0.481 e. The van der Waals surface area contributed by atoms with Gasteiger partial charge in [0.05, 0.1) is 18.6 Å². The standard InChI is InChI=1S/C19H29N5O3/c1-19(2,17(25)26)15-12-20-18(21-16(15)23-8-10-27-11-9-23)24-7-6-22-5-3-4-14(22)13-24/h12,14H,3-11,13H2,1-2H3,(H,25,26)/t14-/m1/s1. The van der Waals surface area contributed by atoms with E-state index >= 15 is 0 Å². The number of carboxylic acids is 1. The molecular weight excluding hydrogens is 346 g/mol. The number of hydrogen-bond donors (Lipinski definition) is 1. The fraction of sp³-hybridized carbons (Fsp3) is 0.737. The number of hydrogen-bond acceptors (Lipinski definition) is 7. The Hall–Kier alpha value is -1.93. The second-order valence-electron chi connectivity index (χ2n) is 8.21. The summed E-state index contributed by atoms with van der Waals surface area (Å²) in [4.78, 5) is 28.3. The van der Waals surface area contributed by atoms with Crippen LogP contribution >= 0.6 is 0 Å². The van der Waals surface area contributed by atoms with Gasteiger partial charge in [-0.25, -0.2) is 4.98 Å². The number of anilines is 2. The molecule has 4 heterocycles. The lowest BCUT2D eigenvalue weighted by Gasteiger charge is -2.38. The van der Waals surface area contributed by atoms with Crippen LogP contribution in [0.5, 0.6) is 0 Å². The summed E-state index contributed by atoms with van der Waals surface area (Å²) >= 11 is 0. The highest BCUT2D eigenvalue weighted by molar-refractivity contribution is 5.82. The smallest absolute Gasteiger partial charge is 0.313 e. The summed E-state index contributed by atoms with van der Waals surface area (Å²) in [6, 6.07) is 0.587. The zero-order valence-electron chi connectivity index (χ0n) is 16.2. The summed E-state index contributed by atoms with van der Waals surface area (Å²) < 4.78 is 5.47. The van der Waals surface area contributed by atoms with Gasteiger partial charge in [0.15, 0.2) is 0 Å². The maximum absolute atomic E-state index is 11.9. The van der Waals surface area contributed by atoms with Gasteiger partial charge in [0, 0.05) is 50.5 Å². The van der Waals surface area contributed by atoms with Crippen LogP contribution in [0.25, 0.3) is 0 Å². The number of piperazine rings is 1. The molecule has 148 valence electrons. The van der Waals surface area contributed by atoms with Gasteiger partial charge in [0.25, 0.3) is 0 Å². The Bertz CT molecular complexity index is 705. The van der Waals surface area contributed by atoms with Crippen molar-refractivity contribution in [3.8, 4) is 0 Å². The number of aromatic nitrogens is 2. The molecule has 3 saturated heterocycles. The molecule has 0 amide bonds. The lowest BCUT2D eigenvalue weighted by atomic mass is 9.85. The van der Waals surface area contributed by atoms with E-state index in [-0.39, 0.29) is 0 Å². The number of ether oxygens (including phenoxy) is 1. The molecule has 0 unspecified atom stereocenters. The first kappa shape index (κ1) is 18.4. The van der Waals surface area contributed by atoms with Crippen LogP contribution in [0.2, 0.25) is 0 Å². The molecule has 1 aromatic rings. The van der Waals surface area contributed by atoms with Crippen LogP contribution in [0.15, 0.2) is 6.20 Å². The van der Waals surface area contributed by atoms with Crippen molar-refractivity contribution in [2.24, 2.45) is 0 Å². The highest BCUT2D eigenvalue weighted by Crippen LogP contribution is 2.33. The van der Waals surface area contributed by atoms with Crippen molar-refractivity contribution in [1.82, 2.24) is 14.9 Å².